The molecule has 3 unspecified atom stereocenters. The van der Waals surface area contributed by atoms with Crippen molar-refractivity contribution in [3.63, 3.8) is 0 Å². The number of benzene rings is 3. The fourth-order valence-corrected chi connectivity index (χ4v) is 7.83. The summed E-state index contributed by atoms with van der Waals surface area (Å²) in [4.78, 5) is 55.7. The molecule has 208 valence electrons. The normalized spacial score (nSPS) is 19.6. The summed E-state index contributed by atoms with van der Waals surface area (Å²) < 4.78 is 11.4. The van der Waals surface area contributed by atoms with Gasteiger partial charge in [0.15, 0.2) is 0 Å². The fourth-order valence-electron chi connectivity index (χ4n) is 5.32. The number of nitro groups is 1. The molecule has 2 amide bonds. The number of hydrogen-bond donors (Lipinski definition) is 1. The molecule has 12 heteroatoms. The monoisotopic (exact) mass is 589 g/mol. The molecule has 3 aromatic carbocycles. The number of carbonyl (C=O) groups excluding carboxylic acids is 2. The SMILES string of the molecule is COc1ccc(N2C(=O)C3Sc4[nH]c(=O)sc4C(c4cc([N+](=O)[O-])ccc4OCc4cccc(C)c4)C3C2=O)cc1. The highest BCUT2D eigenvalue weighted by Gasteiger charge is 2.57. The second-order valence-corrected chi connectivity index (χ2v) is 11.9. The van der Waals surface area contributed by atoms with E-state index in [0.29, 0.717) is 32.7 Å². The number of aryl methyl sites for hydroxylation is 1. The van der Waals surface area contributed by atoms with Gasteiger partial charge in [0.05, 0.1) is 28.7 Å². The number of nitrogens with zero attached hydrogens (tertiary/aromatic N) is 2. The lowest BCUT2D eigenvalue weighted by molar-refractivity contribution is -0.385. The third-order valence-electron chi connectivity index (χ3n) is 7.17. The molecule has 1 fully saturated rings. The van der Waals surface area contributed by atoms with Crippen LogP contribution in [0.3, 0.4) is 0 Å². The Morgan fingerprint density at radius 1 is 1.02 bits per heavy atom. The number of nitrogens with one attached hydrogen (secondary N) is 1. The third kappa shape index (κ3) is 4.78. The van der Waals surface area contributed by atoms with Gasteiger partial charge in [0.25, 0.3) is 5.69 Å². The van der Waals surface area contributed by atoms with Crippen molar-refractivity contribution in [2.24, 2.45) is 5.92 Å². The number of aromatic nitrogens is 1. The third-order valence-corrected chi connectivity index (χ3v) is 9.57. The van der Waals surface area contributed by atoms with Crippen LogP contribution in [0, 0.1) is 23.0 Å². The van der Waals surface area contributed by atoms with Gasteiger partial charge in [-0.1, -0.05) is 52.9 Å². The first-order valence-corrected chi connectivity index (χ1v) is 14.3. The lowest BCUT2D eigenvalue weighted by Crippen LogP contribution is -2.32. The number of fused-ring (bicyclic) bond motifs is 2. The first-order valence-electron chi connectivity index (χ1n) is 12.6. The summed E-state index contributed by atoms with van der Waals surface area (Å²) in [5.41, 5.74) is 2.53. The lowest BCUT2D eigenvalue weighted by atomic mass is 9.82. The van der Waals surface area contributed by atoms with E-state index < -0.39 is 33.8 Å². The van der Waals surface area contributed by atoms with E-state index in [2.05, 4.69) is 4.98 Å². The average molecular weight is 590 g/mol. The summed E-state index contributed by atoms with van der Waals surface area (Å²) in [5.74, 6) is -1.72. The molecule has 4 aromatic rings. The molecule has 10 nitrogen and oxygen atoms in total. The number of aromatic amines is 1. The topological polar surface area (TPSA) is 132 Å². The summed E-state index contributed by atoms with van der Waals surface area (Å²) in [6.07, 6.45) is 0. The highest BCUT2D eigenvalue weighted by atomic mass is 32.2. The fraction of sp³-hybridized carbons (Fsp3) is 0.207. The number of carbonyl (C=O) groups is 2. The van der Waals surface area contributed by atoms with Gasteiger partial charge in [0.1, 0.15) is 23.4 Å². The minimum absolute atomic E-state index is 0.184. The summed E-state index contributed by atoms with van der Waals surface area (Å²) in [6, 6.07) is 18.6. The van der Waals surface area contributed by atoms with E-state index in [-0.39, 0.29) is 17.2 Å². The quantitative estimate of drug-likeness (QED) is 0.180. The Kier molecular flexibility index (Phi) is 6.88. The van der Waals surface area contributed by atoms with Crippen molar-refractivity contribution in [1.82, 2.24) is 4.98 Å². The summed E-state index contributed by atoms with van der Waals surface area (Å²) in [5, 5.41) is 11.4. The molecule has 0 radical (unpaired) electrons. The van der Waals surface area contributed by atoms with Gasteiger partial charge in [-0.3, -0.25) is 24.5 Å². The van der Waals surface area contributed by atoms with Crippen molar-refractivity contribution in [3.05, 3.63) is 108 Å². The summed E-state index contributed by atoms with van der Waals surface area (Å²) in [6.45, 7) is 2.15. The molecule has 2 aliphatic heterocycles. The van der Waals surface area contributed by atoms with E-state index >= 15 is 0 Å². The first kappa shape index (κ1) is 26.8. The predicted molar refractivity (Wildman–Crippen MR) is 154 cm³/mol. The number of non-ortho nitro benzene ring substituents is 1. The first-order chi connectivity index (χ1) is 19.7. The van der Waals surface area contributed by atoms with E-state index in [9.17, 15) is 24.5 Å². The standard InChI is InChI=1S/C29H23N3O7S2/c1-15-4-3-5-16(12-15)14-39-21-11-8-18(32(36)37)13-20(21)22-23-25(40-26-24(22)41-29(35)30-26)28(34)31(27(23)33)17-6-9-19(38-2)10-7-17/h3-13,22-23,25H,14H2,1-2H3,(H,30,35). The summed E-state index contributed by atoms with van der Waals surface area (Å²) in [7, 11) is 1.52. The van der Waals surface area contributed by atoms with Crippen LogP contribution in [-0.4, -0.2) is 34.1 Å². The maximum absolute atomic E-state index is 14.1. The van der Waals surface area contributed by atoms with Crippen LogP contribution >= 0.6 is 23.1 Å². The van der Waals surface area contributed by atoms with Gasteiger partial charge in [-0.2, -0.15) is 0 Å². The van der Waals surface area contributed by atoms with Crippen molar-refractivity contribution in [2.75, 3.05) is 12.0 Å². The summed E-state index contributed by atoms with van der Waals surface area (Å²) >= 11 is 2.07. The Morgan fingerprint density at radius 2 is 1.80 bits per heavy atom. The molecule has 0 bridgehead atoms. The van der Waals surface area contributed by atoms with Crippen LogP contribution in [0.15, 0.2) is 76.6 Å². The largest absolute Gasteiger partial charge is 0.497 e. The maximum atomic E-state index is 14.1. The molecular formula is C29H23N3O7S2. The Balaban J connectivity index is 1.47. The molecule has 1 saturated heterocycles. The Bertz CT molecular complexity index is 1750. The lowest BCUT2D eigenvalue weighted by Gasteiger charge is -2.30. The smallest absolute Gasteiger partial charge is 0.305 e. The molecule has 0 spiro atoms. The average Bonchev–Trinajstić information content (AvgIpc) is 3.46. The number of thioether (sulfide) groups is 1. The number of anilines is 1. The number of methoxy groups -OCH3 is 1. The van der Waals surface area contributed by atoms with Gasteiger partial charge < -0.3 is 14.5 Å². The zero-order valence-corrected chi connectivity index (χ0v) is 23.5. The van der Waals surface area contributed by atoms with Gasteiger partial charge in [-0.15, -0.1) is 0 Å². The minimum Gasteiger partial charge on any atom is -0.497 e. The van der Waals surface area contributed by atoms with Crippen LogP contribution in [0.4, 0.5) is 11.4 Å². The van der Waals surface area contributed by atoms with Gasteiger partial charge in [-0.05, 0) is 42.8 Å². The van der Waals surface area contributed by atoms with E-state index in [1.54, 1.807) is 24.3 Å². The van der Waals surface area contributed by atoms with Gasteiger partial charge >= 0.3 is 4.87 Å². The molecule has 1 N–H and O–H groups in total. The second kappa shape index (κ2) is 10.5. The molecule has 3 heterocycles. The van der Waals surface area contributed by atoms with Crippen LogP contribution < -0.4 is 19.2 Å². The Hall–Kier alpha value is -4.42. The number of thiazole rings is 1. The Labute approximate surface area is 242 Å². The molecule has 2 aliphatic rings. The number of ether oxygens (including phenoxy) is 2. The van der Waals surface area contributed by atoms with Gasteiger partial charge in [-0.25, -0.2) is 4.90 Å². The maximum Gasteiger partial charge on any atom is 0.305 e. The zero-order chi connectivity index (χ0) is 28.8. The van der Waals surface area contributed by atoms with Crippen molar-refractivity contribution in [1.29, 1.82) is 0 Å². The number of H-pyrrole nitrogens is 1. The zero-order valence-electron chi connectivity index (χ0n) is 21.9. The number of nitro benzene ring substituents is 1. The number of amides is 2. The van der Waals surface area contributed by atoms with Crippen LogP contribution in [0.1, 0.15) is 27.5 Å². The van der Waals surface area contributed by atoms with Crippen LogP contribution in [-0.2, 0) is 16.2 Å². The number of imide groups is 1. The minimum atomic E-state index is -0.920. The highest BCUT2D eigenvalue weighted by molar-refractivity contribution is 8.00. The highest BCUT2D eigenvalue weighted by Crippen LogP contribution is 2.55. The van der Waals surface area contributed by atoms with E-state index in [4.69, 9.17) is 9.47 Å². The van der Waals surface area contributed by atoms with Crippen molar-refractivity contribution < 1.29 is 24.0 Å². The van der Waals surface area contributed by atoms with Crippen molar-refractivity contribution in [3.8, 4) is 11.5 Å². The number of rotatable bonds is 7. The Morgan fingerprint density at radius 3 is 2.51 bits per heavy atom. The molecule has 41 heavy (non-hydrogen) atoms. The molecule has 0 saturated carbocycles. The van der Waals surface area contributed by atoms with E-state index in [0.717, 1.165) is 39.1 Å². The van der Waals surface area contributed by atoms with E-state index in [1.807, 2.05) is 31.2 Å². The molecule has 0 aliphatic carbocycles. The van der Waals surface area contributed by atoms with Crippen LogP contribution in [0.2, 0.25) is 0 Å². The van der Waals surface area contributed by atoms with Crippen molar-refractivity contribution in [2.45, 2.75) is 29.7 Å². The van der Waals surface area contributed by atoms with Crippen molar-refractivity contribution >= 4 is 46.3 Å². The number of hydrogen-bond acceptors (Lipinski definition) is 9. The van der Waals surface area contributed by atoms with Gasteiger partial charge in [0.2, 0.25) is 11.8 Å². The van der Waals surface area contributed by atoms with Gasteiger partial charge in [0, 0.05) is 28.5 Å². The van der Waals surface area contributed by atoms with E-state index in [1.165, 1.54) is 25.3 Å². The second-order valence-electron chi connectivity index (χ2n) is 9.72. The molecule has 1 aromatic heterocycles. The molecular weight excluding hydrogens is 566 g/mol. The van der Waals surface area contributed by atoms with Crippen LogP contribution in [0.25, 0.3) is 0 Å². The molecule has 6 rings (SSSR count). The molecule has 3 atom stereocenters. The van der Waals surface area contributed by atoms with Crippen LogP contribution in [0.5, 0.6) is 11.5 Å². The predicted octanol–water partition coefficient (Wildman–Crippen LogP) is 5.04.